The summed E-state index contributed by atoms with van der Waals surface area (Å²) in [7, 11) is 0. The summed E-state index contributed by atoms with van der Waals surface area (Å²) in [6.45, 7) is 11.1. The zero-order valence-electron chi connectivity index (χ0n) is 16.1. The van der Waals surface area contributed by atoms with Crippen molar-refractivity contribution in [1.82, 2.24) is 4.57 Å². The van der Waals surface area contributed by atoms with Gasteiger partial charge in [0.25, 0.3) is 0 Å². The standard InChI is InChI=1S/C22H31NO2/c1-6-17(14-22(24)25)18-7-8-21-19(13-18)9-10-23(21)20(11-15(2)3)12-16(4)5/h7-10,13-16,20H,6,11-12H2,1-5H3,(H,24,25)/b17-14+. The van der Waals surface area contributed by atoms with E-state index in [9.17, 15) is 4.79 Å². The van der Waals surface area contributed by atoms with E-state index in [1.54, 1.807) is 0 Å². The van der Waals surface area contributed by atoms with Crippen molar-refractivity contribution in [2.75, 3.05) is 0 Å². The van der Waals surface area contributed by atoms with Crippen LogP contribution in [0.4, 0.5) is 0 Å². The molecule has 136 valence electrons. The molecule has 0 atom stereocenters. The first-order valence-corrected chi connectivity index (χ1v) is 9.36. The normalized spacial score (nSPS) is 12.7. The van der Waals surface area contributed by atoms with Crippen molar-refractivity contribution in [3.63, 3.8) is 0 Å². The minimum atomic E-state index is -0.886. The van der Waals surface area contributed by atoms with Gasteiger partial charge in [-0.2, -0.15) is 0 Å². The molecule has 0 aliphatic carbocycles. The maximum absolute atomic E-state index is 11.0. The molecule has 2 rings (SSSR count). The average Bonchev–Trinajstić information content (AvgIpc) is 2.93. The first-order chi connectivity index (χ1) is 11.8. The molecule has 0 saturated carbocycles. The molecule has 0 saturated heterocycles. The number of nitrogens with zero attached hydrogens (tertiary/aromatic N) is 1. The molecule has 0 bridgehead atoms. The molecule has 0 amide bonds. The lowest BCUT2D eigenvalue weighted by atomic mass is 9.95. The van der Waals surface area contributed by atoms with Gasteiger partial charge in [0.2, 0.25) is 0 Å². The number of aliphatic carboxylic acids is 1. The van der Waals surface area contributed by atoms with Gasteiger partial charge in [0.1, 0.15) is 0 Å². The number of hydrogen-bond donors (Lipinski definition) is 1. The highest BCUT2D eigenvalue weighted by Crippen LogP contribution is 2.31. The van der Waals surface area contributed by atoms with Crippen molar-refractivity contribution in [3.8, 4) is 0 Å². The van der Waals surface area contributed by atoms with Crippen molar-refractivity contribution in [2.45, 2.75) is 59.9 Å². The van der Waals surface area contributed by atoms with E-state index in [0.717, 1.165) is 11.1 Å². The Balaban J connectivity index is 2.42. The first-order valence-electron chi connectivity index (χ1n) is 9.36. The molecule has 25 heavy (non-hydrogen) atoms. The minimum Gasteiger partial charge on any atom is -0.478 e. The summed E-state index contributed by atoms with van der Waals surface area (Å²) < 4.78 is 2.41. The highest BCUT2D eigenvalue weighted by molar-refractivity contribution is 5.92. The number of carbonyl (C=O) groups is 1. The summed E-state index contributed by atoms with van der Waals surface area (Å²) >= 11 is 0. The van der Waals surface area contributed by atoms with Crippen LogP contribution in [0.1, 0.15) is 65.5 Å². The fraction of sp³-hybridized carbons (Fsp3) is 0.500. The van der Waals surface area contributed by atoms with Crippen molar-refractivity contribution in [2.24, 2.45) is 11.8 Å². The van der Waals surface area contributed by atoms with E-state index < -0.39 is 5.97 Å². The average molecular weight is 341 g/mol. The third-order valence-electron chi connectivity index (χ3n) is 4.65. The SMILES string of the molecule is CC/C(=C\C(=O)O)c1ccc2c(ccn2C(CC(C)C)CC(C)C)c1. The molecule has 0 fully saturated rings. The van der Waals surface area contributed by atoms with Crippen LogP contribution in [0, 0.1) is 11.8 Å². The maximum Gasteiger partial charge on any atom is 0.328 e. The number of carboxylic acid groups (broad SMARTS) is 1. The predicted octanol–water partition coefficient (Wildman–Crippen LogP) is 6.15. The van der Waals surface area contributed by atoms with Gasteiger partial charge in [0.05, 0.1) is 0 Å². The van der Waals surface area contributed by atoms with Crippen LogP contribution in [-0.4, -0.2) is 15.6 Å². The Morgan fingerprint density at radius 3 is 2.28 bits per heavy atom. The lowest BCUT2D eigenvalue weighted by molar-refractivity contribution is -0.131. The van der Waals surface area contributed by atoms with Crippen LogP contribution in [0.2, 0.25) is 0 Å². The monoisotopic (exact) mass is 341 g/mol. The van der Waals surface area contributed by atoms with E-state index in [2.05, 4.69) is 62.7 Å². The third-order valence-corrected chi connectivity index (χ3v) is 4.65. The zero-order valence-corrected chi connectivity index (χ0v) is 16.1. The number of rotatable bonds is 8. The number of hydrogen-bond acceptors (Lipinski definition) is 1. The van der Waals surface area contributed by atoms with Crippen LogP contribution in [0.5, 0.6) is 0 Å². The Kier molecular flexibility index (Phi) is 6.46. The quantitative estimate of drug-likeness (QED) is 0.585. The van der Waals surface area contributed by atoms with Crippen molar-refractivity contribution in [1.29, 1.82) is 0 Å². The number of benzene rings is 1. The van der Waals surface area contributed by atoms with Crippen molar-refractivity contribution >= 4 is 22.4 Å². The zero-order chi connectivity index (χ0) is 18.6. The molecule has 1 aromatic carbocycles. The lowest BCUT2D eigenvalue weighted by Crippen LogP contribution is -2.13. The Morgan fingerprint density at radius 2 is 1.76 bits per heavy atom. The fourth-order valence-corrected chi connectivity index (χ4v) is 3.63. The molecule has 1 N–H and O–H groups in total. The second-order valence-electron chi connectivity index (χ2n) is 7.77. The lowest BCUT2D eigenvalue weighted by Gasteiger charge is -2.24. The van der Waals surface area contributed by atoms with Crippen LogP contribution in [-0.2, 0) is 4.79 Å². The highest BCUT2D eigenvalue weighted by atomic mass is 16.4. The molecule has 2 aromatic rings. The van der Waals surface area contributed by atoms with E-state index in [0.29, 0.717) is 24.3 Å². The van der Waals surface area contributed by atoms with Gasteiger partial charge in [-0.05, 0) is 60.4 Å². The molecule has 0 aliphatic rings. The number of aromatic nitrogens is 1. The van der Waals surface area contributed by atoms with Gasteiger partial charge < -0.3 is 9.67 Å². The molecule has 0 unspecified atom stereocenters. The molecular weight excluding hydrogens is 310 g/mol. The maximum atomic E-state index is 11.0. The fourth-order valence-electron chi connectivity index (χ4n) is 3.63. The Labute approximate surface area is 151 Å². The van der Waals surface area contributed by atoms with Gasteiger partial charge in [-0.25, -0.2) is 4.79 Å². The van der Waals surface area contributed by atoms with Gasteiger partial charge in [0, 0.05) is 29.2 Å². The second kappa shape index (κ2) is 8.37. The third kappa shape index (κ3) is 4.97. The number of carboxylic acids is 1. The number of allylic oxidation sites excluding steroid dienone is 1. The Hall–Kier alpha value is -2.03. The highest BCUT2D eigenvalue weighted by Gasteiger charge is 2.17. The molecule has 1 aromatic heterocycles. The summed E-state index contributed by atoms with van der Waals surface area (Å²) in [4.78, 5) is 11.0. The van der Waals surface area contributed by atoms with Crippen LogP contribution in [0.25, 0.3) is 16.5 Å². The van der Waals surface area contributed by atoms with Crippen molar-refractivity contribution < 1.29 is 9.90 Å². The summed E-state index contributed by atoms with van der Waals surface area (Å²) in [5, 5.41) is 10.2. The van der Waals surface area contributed by atoms with Gasteiger partial charge in [0.15, 0.2) is 0 Å². The molecule has 3 nitrogen and oxygen atoms in total. The first kappa shape index (κ1) is 19.3. The van der Waals surface area contributed by atoms with Crippen molar-refractivity contribution in [3.05, 3.63) is 42.1 Å². The van der Waals surface area contributed by atoms with E-state index in [-0.39, 0.29) is 0 Å². The number of fused-ring (bicyclic) bond motifs is 1. The molecule has 0 aliphatic heterocycles. The van der Waals surface area contributed by atoms with Gasteiger partial charge in [-0.15, -0.1) is 0 Å². The summed E-state index contributed by atoms with van der Waals surface area (Å²) in [6.07, 6.45) is 6.56. The van der Waals surface area contributed by atoms with Gasteiger partial charge in [-0.3, -0.25) is 0 Å². The molecule has 0 spiro atoms. The van der Waals surface area contributed by atoms with Gasteiger partial charge >= 0.3 is 5.97 Å². The van der Waals surface area contributed by atoms with Gasteiger partial charge in [-0.1, -0.05) is 40.7 Å². The topological polar surface area (TPSA) is 42.2 Å². The van der Waals surface area contributed by atoms with Crippen LogP contribution >= 0.6 is 0 Å². The van der Waals surface area contributed by atoms with E-state index in [1.807, 2.05) is 6.92 Å². The van der Waals surface area contributed by atoms with Crippen LogP contribution in [0.15, 0.2) is 36.5 Å². The Bertz CT molecular complexity index is 742. The van der Waals surface area contributed by atoms with Crippen LogP contribution in [0.3, 0.4) is 0 Å². The summed E-state index contributed by atoms with van der Waals surface area (Å²) in [6, 6.07) is 8.97. The van der Waals surface area contributed by atoms with E-state index in [4.69, 9.17) is 5.11 Å². The Morgan fingerprint density at radius 1 is 1.12 bits per heavy atom. The van der Waals surface area contributed by atoms with E-state index in [1.165, 1.54) is 29.8 Å². The second-order valence-corrected chi connectivity index (χ2v) is 7.77. The summed E-state index contributed by atoms with van der Waals surface area (Å²) in [5.41, 5.74) is 3.10. The largest absolute Gasteiger partial charge is 0.478 e. The minimum absolute atomic E-state index is 0.503. The van der Waals surface area contributed by atoms with Crippen LogP contribution < -0.4 is 0 Å². The molecule has 0 radical (unpaired) electrons. The smallest absolute Gasteiger partial charge is 0.328 e. The molecule has 1 heterocycles. The van der Waals surface area contributed by atoms with E-state index >= 15 is 0 Å². The molecule has 3 heteroatoms. The summed E-state index contributed by atoms with van der Waals surface area (Å²) in [5.74, 6) is 0.430. The molecular formula is C22H31NO2. The predicted molar refractivity (Wildman–Crippen MR) is 106 cm³/mol.